The molecule has 1 N–H and O–H groups in total. The predicted octanol–water partition coefficient (Wildman–Crippen LogP) is 2.87. The van der Waals surface area contributed by atoms with E-state index >= 15 is 0 Å². The Bertz CT molecular complexity index is 844. The lowest BCUT2D eigenvalue weighted by molar-refractivity contribution is -0.384. The number of non-ortho nitro benzene ring substituents is 1. The van der Waals surface area contributed by atoms with E-state index < -0.39 is 16.8 Å². The Morgan fingerprint density at radius 3 is 2.39 bits per heavy atom. The van der Waals surface area contributed by atoms with Crippen LogP contribution in [-0.2, 0) is 20.9 Å². The van der Waals surface area contributed by atoms with Gasteiger partial charge in [-0.05, 0) is 48.4 Å². The second-order valence-corrected chi connectivity index (χ2v) is 5.64. The van der Waals surface area contributed by atoms with E-state index in [0.717, 1.165) is 11.1 Å². The lowest BCUT2D eigenvalue weighted by Gasteiger charge is -2.06. The monoisotopic (exact) mass is 384 g/mol. The molecule has 0 atom stereocenters. The number of esters is 1. The Morgan fingerprint density at radius 1 is 1.11 bits per heavy atom. The minimum Gasteiger partial charge on any atom is -0.489 e. The Labute approximate surface area is 161 Å². The highest BCUT2D eigenvalue weighted by molar-refractivity contribution is 5.93. The van der Waals surface area contributed by atoms with Gasteiger partial charge in [0.05, 0.1) is 11.5 Å². The second-order valence-electron chi connectivity index (χ2n) is 5.64. The van der Waals surface area contributed by atoms with Crippen LogP contribution in [-0.4, -0.2) is 30.0 Å². The fraction of sp³-hybridized carbons (Fsp3) is 0.200. The molecule has 0 bridgehead atoms. The summed E-state index contributed by atoms with van der Waals surface area (Å²) in [5.41, 5.74) is 1.63. The van der Waals surface area contributed by atoms with Gasteiger partial charge < -0.3 is 14.8 Å². The maximum atomic E-state index is 11.6. The number of carbonyl (C=O) groups excluding carboxylic acids is 2. The summed E-state index contributed by atoms with van der Waals surface area (Å²) in [5, 5.41) is 13.1. The zero-order valence-electron chi connectivity index (χ0n) is 15.3. The maximum Gasteiger partial charge on any atom is 0.325 e. The van der Waals surface area contributed by atoms with Crippen molar-refractivity contribution in [1.29, 1.82) is 0 Å². The van der Waals surface area contributed by atoms with E-state index in [1.807, 2.05) is 0 Å². The molecule has 0 aromatic heterocycles. The van der Waals surface area contributed by atoms with Crippen molar-refractivity contribution >= 4 is 23.6 Å². The molecule has 0 heterocycles. The van der Waals surface area contributed by atoms with Gasteiger partial charge in [-0.3, -0.25) is 19.7 Å². The average Bonchev–Trinajstić information content (AvgIpc) is 2.70. The molecule has 0 spiro atoms. The third-order valence-electron chi connectivity index (χ3n) is 3.57. The molecular formula is C20H20N2O6. The van der Waals surface area contributed by atoms with Gasteiger partial charge in [-0.1, -0.05) is 12.1 Å². The summed E-state index contributed by atoms with van der Waals surface area (Å²) in [6.07, 6.45) is 2.94. The largest absolute Gasteiger partial charge is 0.489 e. The topological polar surface area (TPSA) is 108 Å². The van der Waals surface area contributed by atoms with E-state index in [1.54, 1.807) is 49.4 Å². The van der Waals surface area contributed by atoms with Gasteiger partial charge in [0.2, 0.25) is 5.91 Å². The number of ether oxygens (including phenoxy) is 2. The molecule has 0 fully saturated rings. The summed E-state index contributed by atoms with van der Waals surface area (Å²) < 4.78 is 10.4. The van der Waals surface area contributed by atoms with Crippen molar-refractivity contribution < 1.29 is 24.0 Å². The van der Waals surface area contributed by atoms with Gasteiger partial charge >= 0.3 is 5.97 Å². The second kappa shape index (κ2) is 10.5. The van der Waals surface area contributed by atoms with Crippen molar-refractivity contribution in [3.63, 3.8) is 0 Å². The first-order chi connectivity index (χ1) is 13.5. The molecule has 0 radical (unpaired) electrons. The first-order valence-corrected chi connectivity index (χ1v) is 8.55. The van der Waals surface area contributed by atoms with Crippen LogP contribution in [0.15, 0.2) is 54.6 Å². The van der Waals surface area contributed by atoms with Gasteiger partial charge in [0.25, 0.3) is 5.69 Å². The lowest BCUT2D eigenvalue weighted by Crippen LogP contribution is -2.29. The molecule has 0 saturated heterocycles. The molecule has 0 aliphatic heterocycles. The summed E-state index contributed by atoms with van der Waals surface area (Å²) in [6.45, 7) is 2.07. The first-order valence-electron chi connectivity index (χ1n) is 8.55. The summed E-state index contributed by atoms with van der Waals surface area (Å²) in [4.78, 5) is 33.0. The van der Waals surface area contributed by atoms with Crippen molar-refractivity contribution in [2.24, 2.45) is 0 Å². The summed E-state index contributed by atoms with van der Waals surface area (Å²) >= 11 is 0. The van der Waals surface area contributed by atoms with E-state index in [1.165, 1.54) is 18.2 Å². The van der Waals surface area contributed by atoms with Gasteiger partial charge in [-0.15, -0.1) is 0 Å². The minimum absolute atomic E-state index is 0.0335. The fourth-order valence-electron chi connectivity index (χ4n) is 2.16. The molecule has 8 heteroatoms. The molecule has 146 valence electrons. The van der Waals surface area contributed by atoms with Crippen LogP contribution >= 0.6 is 0 Å². The number of nitro groups is 1. The van der Waals surface area contributed by atoms with Crippen LogP contribution in [0, 0.1) is 10.1 Å². The van der Waals surface area contributed by atoms with Crippen LogP contribution in [0.5, 0.6) is 5.75 Å². The van der Waals surface area contributed by atoms with E-state index in [0.29, 0.717) is 5.75 Å². The highest BCUT2D eigenvalue weighted by Gasteiger charge is 2.05. The summed E-state index contributed by atoms with van der Waals surface area (Å²) in [6, 6.07) is 13.2. The molecule has 0 aliphatic rings. The van der Waals surface area contributed by atoms with Crippen LogP contribution in [0.4, 0.5) is 5.69 Å². The molecule has 0 unspecified atom stereocenters. The van der Waals surface area contributed by atoms with Crippen molar-refractivity contribution in [2.45, 2.75) is 13.5 Å². The number of hydrogen-bond donors (Lipinski definition) is 1. The molecular weight excluding hydrogens is 364 g/mol. The van der Waals surface area contributed by atoms with E-state index in [4.69, 9.17) is 9.47 Å². The molecule has 2 aromatic rings. The molecule has 2 rings (SSSR count). The molecule has 28 heavy (non-hydrogen) atoms. The third-order valence-corrected chi connectivity index (χ3v) is 3.57. The normalized spacial score (nSPS) is 10.5. The zero-order chi connectivity index (χ0) is 20.4. The number of benzene rings is 2. The van der Waals surface area contributed by atoms with Crippen LogP contribution < -0.4 is 10.1 Å². The van der Waals surface area contributed by atoms with E-state index in [9.17, 15) is 19.7 Å². The van der Waals surface area contributed by atoms with Gasteiger partial charge in [0, 0.05) is 18.2 Å². The highest BCUT2D eigenvalue weighted by atomic mass is 16.6. The SMILES string of the molecule is CCOC(=O)CNC(=O)/C=C/c1ccc(OCc2ccc([N+](=O)[O-])cc2)cc1. The number of nitro benzene ring substituents is 1. The summed E-state index contributed by atoms with van der Waals surface area (Å²) in [7, 11) is 0. The molecule has 2 aromatic carbocycles. The number of nitrogens with zero attached hydrogens (tertiary/aromatic N) is 1. The minimum atomic E-state index is -0.487. The number of rotatable bonds is 9. The molecule has 1 amide bonds. The van der Waals surface area contributed by atoms with E-state index in [-0.39, 0.29) is 25.4 Å². The first kappa shape index (κ1) is 20.6. The molecule has 8 nitrogen and oxygen atoms in total. The van der Waals surface area contributed by atoms with Crippen LogP contribution in [0.1, 0.15) is 18.1 Å². The predicted molar refractivity (Wildman–Crippen MR) is 103 cm³/mol. The Balaban J connectivity index is 1.81. The van der Waals surface area contributed by atoms with Crippen LogP contribution in [0.25, 0.3) is 6.08 Å². The maximum absolute atomic E-state index is 11.6. The highest BCUT2D eigenvalue weighted by Crippen LogP contribution is 2.17. The molecule has 0 aliphatic carbocycles. The van der Waals surface area contributed by atoms with Crippen molar-refractivity contribution in [3.05, 3.63) is 75.8 Å². The van der Waals surface area contributed by atoms with Gasteiger partial charge in [-0.2, -0.15) is 0 Å². The van der Waals surface area contributed by atoms with Crippen LogP contribution in [0.2, 0.25) is 0 Å². The average molecular weight is 384 g/mol. The van der Waals surface area contributed by atoms with Gasteiger partial charge in [0.1, 0.15) is 18.9 Å². The lowest BCUT2D eigenvalue weighted by atomic mass is 10.2. The van der Waals surface area contributed by atoms with Gasteiger partial charge in [0.15, 0.2) is 0 Å². The molecule has 0 saturated carbocycles. The van der Waals surface area contributed by atoms with Crippen LogP contribution in [0.3, 0.4) is 0 Å². The zero-order valence-corrected chi connectivity index (χ0v) is 15.3. The van der Waals surface area contributed by atoms with Crippen molar-refractivity contribution in [3.8, 4) is 5.75 Å². The summed E-state index contributed by atoms with van der Waals surface area (Å²) in [5.74, 6) is -0.257. The van der Waals surface area contributed by atoms with Crippen molar-refractivity contribution in [1.82, 2.24) is 5.32 Å². The number of nitrogens with one attached hydrogen (secondary N) is 1. The van der Waals surface area contributed by atoms with Crippen molar-refractivity contribution in [2.75, 3.05) is 13.2 Å². The Kier molecular flexibility index (Phi) is 7.71. The smallest absolute Gasteiger partial charge is 0.325 e. The number of amides is 1. The quantitative estimate of drug-likeness (QED) is 0.308. The van der Waals surface area contributed by atoms with E-state index in [2.05, 4.69) is 5.32 Å². The Morgan fingerprint density at radius 2 is 1.79 bits per heavy atom. The van der Waals surface area contributed by atoms with Gasteiger partial charge in [-0.25, -0.2) is 0 Å². The number of carbonyl (C=O) groups is 2. The standard InChI is InChI=1S/C20H20N2O6/c1-2-27-20(24)13-21-19(23)12-7-15-5-10-18(11-6-15)28-14-16-3-8-17(9-4-16)22(25)26/h3-12H,2,13-14H2,1H3,(H,21,23)/b12-7+. The number of hydrogen-bond acceptors (Lipinski definition) is 6. The third kappa shape index (κ3) is 6.91. The Hall–Kier alpha value is -3.68. The fourth-order valence-corrected chi connectivity index (χ4v) is 2.16.